The summed E-state index contributed by atoms with van der Waals surface area (Å²) < 4.78 is 28.5. The van der Waals surface area contributed by atoms with Crippen LogP contribution in [-0.4, -0.2) is 32.1 Å². The number of benzene rings is 1. The van der Waals surface area contributed by atoms with E-state index < -0.39 is 14.6 Å². The molecule has 0 unspecified atom stereocenters. The molecule has 0 aliphatic rings. The van der Waals surface area contributed by atoms with Crippen molar-refractivity contribution in [3.63, 3.8) is 0 Å². The molecule has 0 amide bonds. The average molecular weight is 284 g/mol. The van der Waals surface area contributed by atoms with Crippen molar-refractivity contribution in [3.8, 4) is 0 Å². The summed E-state index contributed by atoms with van der Waals surface area (Å²) in [5.74, 6) is 0.196. The third-order valence-electron chi connectivity index (χ3n) is 3.01. The van der Waals surface area contributed by atoms with Crippen LogP contribution in [0.15, 0.2) is 30.3 Å². The molecule has 3 nitrogen and oxygen atoms in total. The van der Waals surface area contributed by atoms with Crippen LogP contribution in [0.2, 0.25) is 0 Å². The summed E-state index contributed by atoms with van der Waals surface area (Å²) in [4.78, 5) is 0. The number of sulfone groups is 1. The molecular formula is C15H24O3S. The fourth-order valence-corrected chi connectivity index (χ4v) is 2.70. The van der Waals surface area contributed by atoms with Crippen LogP contribution in [0.5, 0.6) is 0 Å². The van der Waals surface area contributed by atoms with Gasteiger partial charge in [0.1, 0.15) is 0 Å². The van der Waals surface area contributed by atoms with Crippen LogP contribution in [0, 0.1) is 0 Å². The van der Waals surface area contributed by atoms with Gasteiger partial charge >= 0.3 is 0 Å². The normalized spacial score (nSPS) is 12.6. The van der Waals surface area contributed by atoms with Gasteiger partial charge in [-0.05, 0) is 39.2 Å². The fourth-order valence-electron chi connectivity index (χ4n) is 1.59. The molecule has 1 aromatic rings. The molecule has 108 valence electrons. The highest BCUT2D eigenvalue weighted by Crippen LogP contribution is 2.16. The Kier molecular flexibility index (Phi) is 6.01. The van der Waals surface area contributed by atoms with Crippen molar-refractivity contribution in [2.75, 3.05) is 19.0 Å². The predicted molar refractivity (Wildman–Crippen MR) is 79.1 cm³/mol. The second kappa shape index (κ2) is 7.06. The molecular weight excluding hydrogens is 260 g/mol. The first-order valence-corrected chi connectivity index (χ1v) is 8.32. The SMILES string of the molecule is CC(C)(C)S(=O)(=O)CCCOCCc1ccccc1. The van der Waals surface area contributed by atoms with E-state index in [9.17, 15) is 8.42 Å². The number of hydrogen-bond acceptors (Lipinski definition) is 3. The van der Waals surface area contributed by atoms with Gasteiger partial charge in [0, 0.05) is 6.61 Å². The molecule has 0 radical (unpaired) electrons. The number of rotatable bonds is 7. The lowest BCUT2D eigenvalue weighted by Crippen LogP contribution is -2.30. The molecule has 0 fully saturated rings. The lowest BCUT2D eigenvalue weighted by Gasteiger charge is -2.18. The fraction of sp³-hybridized carbons (Fsp3) is 0.600. The molecule has 0 saturated heterocycles. The predicted octanol–water partition coefficient (Wildman–Crippen LogP) is 2.85. The molecule has 0 saturated carbocycles. The van der Waals surface area contributed by atoms with Crippen LogP contribution in [-0.2, 0) is 21.0 Å². The smallest absolute Gasteiger partial charge is 0.155 e. The summed E-state index contributed by atoms with van der Waals surface area (Å²) in [5, 5.41) is 0. The summed E-state index contributed by atoms with van der Waals surface area (Å²) in [7, 11) is -3.02. The third-order valence-corrected chi connectivity index (χ3v) is 5.70. The van der Waals surface area contributed by atoms with Gasteiger partial charge in [0.2, 0.25) is 0 Å². The first-order valence-electron chi connectivity index (χ1n) is 6.67. The van der Waals surface area contributed by atoms with Gasteiger partial charge in [-0.25, -0.2) is 8.42 Å². The monoisotopic (exact) mass is 284 g/mol. The zero-order chi connectivity index (χ0) is 14.4. The van der Waals surface area contributed by atoms with Crippen LogP contribution in [0.25, 0.3) is 0 Å². The molecule has 0 atom stereocenters. The first-order chi connectivity index (χ1) is 8.83. The van der Waals surface area contributed by atoms with Gasteiger partial charge in [0.05, 0.1) is 17.1 Å². The maximum absolute atomic E-state index is 11.9. The molecule has 19 heavy (non-hydrogen) atoms. The van der Waals surface area contributed by atoms with E-state index in [1.165, 1.54) is 5.56 Å². The van der Waals surface area contributed by atoms with Gasteiger partial charge in [-0.2, -0.15) is 0 Å². The second-order valence-corrected chi connectivity index (χ2v) is 8.50. The van der Waals surface area contributed by atoms with Crippen LogP contribution in [0.4, 0.5) is 0 Å². The summed E-state index contributed by atoms with van der Waals surface area (Å²) in [6.45, 7) is 6.34. The minimum Gasteiger partial charge on any atom is -0.381 e. The quantitative estimate of drug-likeness (QED) is 0.723. The molecule has 0 bridgehead atoms. The molecule has 4 heteroatoms. The third kappa shape index (κ3) is 5.74. The zero-order valence-electron chi connectivity index (χ0n) is 12.1. The lowest BCUT2D eigenvalue weighted by atomic mass is 10.2. The van der Waals surface area contributed by atoms with Gasteiger partial charge < -0.3 is 4.74 Å². The lowest BCUT2D eigenvalue weighted by molar-refractivity contribution is 0.138. The van der Waals surface area contributed by atoms with Crippen molar-refractivity contribution in [2.45, 2.75) is 38.4 Å². The maximum atomic E-state index is 11.9. The van der Waals surface area contributed by atoms with E-state index in [1.54, 1.807) is 20.8 Å². The molecule has 0 N–H and O–H groups in total. The Morgan fingerprint density at radius 2 is 1.68 bits per heavy atom. The Labute approximate surface area is 116 Å². The van der Waals surface area contributed by atoms with Crippen molar-refractivity contribution in [1.82, 2.24) is 0 Å². The standard InChI is InChI=1S/C15H24O3S/c1-15(2,3)19(16,17)13-7-11-18-12-10-14-8-5-4-6-9-14/h4-6,8-9H,7,10-13H2,1-3H3. The van der Waals surface area contributed by atoms with Crippen LogP contribution < -0.4 is 0 Å². The Hall–Kier alpha value is -0.870. The molecule has 0 aliphatic carbocycles. The van der Waals surface area contributed by atoms with Gasteiger partial charge in [-0.1, -0.05) is 30.3 Å². The molecule has 1 aromatic carbocycles. The Bertz CT molecular complexity index is 458. The highest BCUT2D eigenvalue weighted by Gasteiger charge is 2.27. The van der Waals surface area contributed by atoms with Crippen LogP contribution in [0.3, 0.4) is 0 Å². The first kappa shape index (κ1) is 16.2. The Balaban J connectivity index is 2.16. The Morgan fingerprint density at radius 1 is 1.05 bits per heavy atom. The molecule has 0 spiro atoms. The summed E-state index contributed by atoms with van der Waals surface area (Å²) in [6.07, 6.45) is 1.43. The highest BCUT2D eigenvalue weighted by molar-refractivity contribution is 7.92. The topological polar surface area (TPSA) is 43.4 Å². The van der Waals surface area contributed by atoms with Crippen molar-refractivity contribution in [3.05, 3.63) is 35.9 Å². The average Bonchev–Trinajstić information content (AvgIpc) is 2.33. The van der Waals surface area contributed by atoms with E-state index in [4.69, 9.17) is 4.74 Å². The van der Waals surface area contributed by atoms with Crippen molar-refractivity contribution < 1.29 is 13.2 Å². The van der Waals surface area contributed by atoms with Gasteiger partial charge in [0.15, 0.2) is 9.84 Å². The van der Waals surface area contributed by atoms with Gasteiger partial charge in [-0.15, -0.1) is 0 Å². The van der Waals surface area contributed by atoms with E-state index in [-0.39, 0.29) is 5.75 Å². The molecule has 0 aromatic heterocycles. The Morgan fingerprint density at radius 3 is 2.26 bits per heavy atom. The van der Waals surface area contributed by atoms with Crippen molar-refractivity contribution >= 4 is 9.84 Å². The summed E-state index contributed by atoms with van der Waals surface area (Å²) in [5.41, 5.74) is 1.24. The van der Waals surface area contributed by atoms with Crippen LogP contribution in [0.1, 0.15) is 32.8 Å². The van der Waals surface area contributed by atoms with E-state index in [1.807, 2.05) is 18.2 Å². The second-order valence-electron chi connectivity index (χ2n) is 5.63. The van der Waals surface area contributed by atoms with E-state index in [0.717, 1.165) is 6.42 Å². The molecule has 1 rings (SSSR count). The van der Waals surface area contributed by atoms with E-state index >= 15 is 0 Å². The van der Waals surface area contributed by atoms with E-state index in [2.05, 4.69) is 12.1 Å². The van der Waals surface area contributed by atoms with E-state index in [0.29, 0.717) is 19.6 Å². The van der Waals surface area contributed by atoms with Crippen molar-refractivity contribution in [2.24, 2.45) is 0 Å². The minimum absolute atomic E-state index is 0.196. The summed E-state index contributed by atoms with van der Waals surface area (Å²) >= 11 is 0. The zero-order valence-corrected chi connectivity index (χ0v) is 12.9. The molecule has 0 heterocycles. The molecule has 0 aliphatic heterocycles. The highest BCUT2D eigenvalue weighted by atomic mass is 32.2. The van der Waals surface area contributed by atoms with Gasteiger partial charge in [0.25, 0.3) is 0 Å². The number of ether oxygens (including phenoxy) is 1. The van der Waals surface area contributed by atoms with Crippen LogP contribution >= 0.6 is 0 Å². The van der Waals surface area contributed by atoms with Crippen molar-refractivity contribution in [1.29, 1.82) is 0 Å². The number of hydrogen-bond donors (Lipinski definition) is 0. The maximum Gasteiger partial charge on any atom is 0.155 e. The van der Waals surface area contributed by atoms with Gasteiger partial charge in [-0.3, -0.25) is 0 Å². The largest absolute Gasteiger partial charge is 0.381 e. The minimum atomic E-state index is -3.02. The summed E-state index contributed by atoms with van der Waals surface area (Å²) in [6, 6.07) is 10.1.